The van der Waals surface area contributed by atoms with Crippen LogP contribution in [0.3, 0.4) is 0 Å². The molecule has 0 unspecified atom stereocenters. The molecule has 3 aromatic rings. The van der Waals surface area contributed by atoms with E-state index in [0.29, 0.717) is 17.7 Å². The summed E-state index contributed by atoms with van der Waals surface area (Å²) >= 11 is 0. The number of aryl methyl sites for hydroxylation is 1. The Morgan fingerprint density at radius 1 is 1.19 bits per heavy atom. The van der Waals surface area contributed by atoms with Crippen molar-refractivity contribution in [2.75, 3.05) is 0 Å². The Balaban J connectivity index is 1.90. The summed E-state index contributed by atoms with van der Waals surface area (Å²) in [6, 6.07) is 15.4. The second kappa shape index (κ2) is 5.32. The summed E-state index contributed by atoms with van der Waals surface area (Å²) in [7, 11) is 1.83. The maximum atomic E-state index is 11.3. The number of fused-ring (bicyclic) bond motifs is 1. The molecule has 0 aliphatic heterocycles. The number of ether oxygens (including phenoxy) is 1. The first-order valence-corrected chi connectivity index (χ1v) is 6.64. The molecule has 21 heavy (non-hydrogen) atoms. The zero-order valence-corrected chi connectivity index (χ0v) is 11.6. The fourth-order valence-corrected chi connectivity index (χ4v) is 2.37. The summed E-state index contributed by atoms with van der Waals surface area (Å²) in [5.41, 5.74) is 2.24. The van der Waals surface area contributed by atoms with Crippen LogP contribution in [0.4, 0.5) is 0 Å². The van der Waals surface area contributed by atoms with Gasteiger partial charge in [-0.2, -0.15) is 0 Å². The number of aromatic nitrogens is 1. The number of aromatic carboxylic acids is 1. The first-order chi connectivity index (χ1) is 10.1. The second-order valence-electron chi connectivity index (χ2n) is 4.91. The topological polar surface area (TPSA) is 51.5 Å². The Labute approximate surface area is 122 Å². The summed E-state index contributed by atoms with van der Waals surface area (Å²) in [5.74, 6) is -0.263. The third kappa shape index (κ3) is 2.60. The predicted molar refractivity (Wildman–Crippen MR) is 80.7 cm³/mol. The Morgan fingerprint density at radius 2 is 1.95 bits per heavy atom. The van der Waals surface area contributed by atoms with Crippen LogP contribution in [0.1, 0.15) is 15.9 Å². The number of carboxylic acid groups (broad SMARTS) is 1. The fraction of sp³-hybridized carbons (Fsp3) is 0.118. The molecule has 3 rings (SSSR count). The van der Waals surface area contributed by atoms with Gasteiger partial charge >= 0.3 is 5.97 Å². The molecule has 0 saturated carbocycles. The van der Waals surface area contributed by atoms with Crippen molar-refractivity contribution in [1.29, 1.82) is 0 Å². The van der Waals surface area contributed by atoms with E-state index in [0.717, 1.165) is 11.1 Å². The molecule has 0 amide bonds. The van der Waals surface area contributed by atoms with Gasteiger partial charge in [0.25, 0.3) is 0 Å². The molecule has 0 spiro atoms. The second-order valence-corrected chi connectivity index (χ2v) is 4.91. The minimum atomic E-state index is -0.930. The van der Waals surface area contributed by atoms with Crippen LogP contribution in [0.25, 0.3) is 10.9 Å². The SMILES string of the molecule is Cn1cc(C(=O)O)c2cc(OCc3ccccc3)ccc21. The van der Waals surface area contributed by atoms with Gasteiger partial charge in [0, 0.05) is 24.1 Å². The van der Waals surface area contributed by atoms with Crippen molar-refractivity contribution in [2.45, 2.75) is 6.61 Å². The van der Waals surface area contributed by atoms with Crippen LogP contribution in [-0.2, 0) is 13.7 Å². The largest absolute Gasteiger partial charge is 0.489 e. The van der Waals surface area contributed by atoms with Crippen molar-refractivity contribution >= 4 is 16.9 Å². The van der Waals surface area contributed by atoms with Crippen molar-refractivity contribution in [2.24, 2.45) is 7.05 Å². The number of benzene rings is 2. The highest BCUT2D eigenvalue weighted by atomic mass is 16.5. The number of hydrogen-bond donors (Lipinski definition) is 1. The molecule has 4 nitrogen and oxygen atoms in total. The van der Waals surface area contributed by atoms with E-state index in [9.17, 15) is 9.90 Å². The number of hydrogen-bond acceptors (Lipinski definition) is 2. The van der Waals surface area contributed by atoms with Gasteiger partial charge in [0.15, 0.2) is 0 Å². The summed E-state index contributed by atoms with van der Waals surface area (Å²) < 4.78 is 7.55. The minimum Gasteiger partial charge on any atom is -0.489 e. The highest BCUT2D eigenvalue weighted by Gasteiger charge is 2.13. The van der Waals surface area contributed by atoms with Gasteiger partial charge in [-0.3, -0.25) is 0 Å². The van der Waals surface area contributed by atoms with E-state index in [1.54, 1.807) is 16.8 Å². The summed E-state index contributed by atoms with van der Waals surface area (Å²) in [4.78, 5) is 11.3. The van der Waals surface area contributed by atoms with Gasteiger partial charge in [-0.25, -0.2) is 4.79 Å². The number of carboxylic acids is 1. The molecule has 1 aromatic heterocycles. The average Bonchev–Trinajstić information content (AvgIpc) is 2.83. The Hall–Kier alpha value is -2.75. The lowest BCUT2D eigenvalue weighted by Gasteiger charge is -2.07. The smallest absolute Gasteiger partial charge is 0.337 e. The first-order valence-electron chi connectivity index (χ1n) is 6.64. The molecule has 2 aromatic carbocycles. The van der Waals surface area contributed by atoms with Crippen molar-refractivity contribution < 1.29 is 14.6 Å². The molecule has 1 heterocycles. The van der Waals surface area contributed by atoms with E-state index < -0.39 is 5.97 Å². The van der Waals surface area contributed by atoms with Gasteiger partial charge in [0.2, 0.25) is 0 Å². The van der Waals surface area contributed by atoms with Crippen molar-refractivity contribution in [3.63, 3.8) is 0 Å². The van der Waals surface area contributed by atoms with E-state index in [1.165, 1.54) is 0 Å². The van der Waals surface area contributed by atoms with Crippen LogP contribution in [0.5, 0.6) is 5.75 Å². The van der Waals surface area contributed by atoms with Gasteiger partial charge in [-0.15, -0.1) is 0 Å². The van der Waals surface area contributed by atoms with Gasteiger partial charge in [0.05, 0.1) is 5.56 Å². The molecule has 0 atom stereocenters. The molecule has 0 bridgehead atoms. The van der Waals surface area contributed by atoms with Gasteiger partial charge in [0.1, 0.15) is 12.4 Å². The van der Waals surface area contributed by atoms with Crippen LogP contribution >= 0.6 is 0 Å². The quantitative estimate of drug-likeness (QED) is 0.796. The molecular formula is C17H15NO3. The van der Waals surface area contributed by atoms with Crippen LogP contribution in [0.2, 0.25) is 0 Å². The van der Waals surface area contributed by atoms with Crippen LogP contribution < -0.4 is 4.74 Å². The Morgan fingerprint density at radius 3 is 2.67 bits per heavy atom. The normalized spacial score (nSPS) is 10.7. The van der Waals surface area contributed by atoms with E-state index >= 15 is 0 Å². The van der Waals surface area contributed by atoms with E-state index in [1.807, 2.05) is 49.5 Å². The van der Waals surface area contributed by atoms with Crippen LogP contribution in [-0.4, -0.2) is 15.6 Å². The third-order valence-corrected chi connectivity index (χ3v) is 3.44. The van der Waals surface area contributed by atoms with Crippen LogP contribution in [0.15, 0.2) is 54.7 Å². The molecule has 0 fully saturated rings. The first kappa shape index (κ1) is 13.2. The zero-order valence-electron chi connectivity index (χ0n) is 11.6. The molecular weight excluding hydrogens is 266 g/mol. The number of rotatable bonds is 4. The lowest BCUT2D eigenvalue weighted by atomic mass is 10.1. The predicted octanol–water partition coefficient (Wildman–Crippen LogP) is 3.46. The lowest BCUT2D eigenvalue weighted by molar-refractivity contribution is 0.0699. The molecule has 0 saturated heterocycles. The number of carbonyl (C=O) groups is 1. The minimum absolute atomic E-state index is 0.290. The van der Waals surface area contributed by atoms with Crippen molar-refractivity contribution in [3.8, 4) is 5.75 Å². The molecule has 0 aliphatic rings. The van der Waals surface area contributed by atoms with Gasteiger partial charge in [-0.05, 0) is 23.8 Å². The number of nitrogens with zero attached hydrogens (tertiary/aromatic N) is 1. The van der Waals surface area contributed by atoms with Crippen molar-refractivity contribution in [1.82, 2.24) is 4.57 Å². The molecule has 1 N–H and O–H groups in total. The molecule has 106 valence electrons. The maximum Gasteiger partial charge on any atom is 0.337 e. The molecule has 4 heteroatoms. The summed E-state index contributed by atoms with van der Waals surface area (Å²) in [6.07, 6.45) is 1.62. The standard InChI is InChI=1S/C17H15NO3/c1-18-10-15(17(19)20)14-9-13(7-8-16(14)18)21-11-12-5-3-2-4-6-12/h2-10H,11H2,1H3,(H,19,20). The Bertz CT molecular complexity index is 790. The lowest BCUT2D eigenvalue weighted by Crippen LogP contribution is -1.96. The molecule has 0 aliphatic carbocycles. The third-order valence-electron chi connectivity index (χ3n) is 3.44. The fourth-order valence-electron chi connectivity index (χ4n) is 2.37. The van der Waals surface area contributed by atoms with Crippen LogP contribution in [0, 0.1) is 0 Å². The average molecular weight is 281 g/mol. The van der Waals surface area contributed by atoms with Crippen molar-refractivity contribution in [3.05, 3.63) is 65.9 Å². The van der Waals surface area contributed by atoms with E-state index in [2.05, 4.69) is 0 Å². The maximum absolute atomic E-state index is 11.3. The summed E-state index contributed by atoms with van der Waals surface area (Å²) in [5, 5.41) is 9.93. The Kier molecular flexibility index (Phi) is 3.36. The van der Waals surface area contributed by atoms with E-state index in [-0.39, 0.29) is 5.56 Å². The highest BCUT2D eigenvalue weighted by Crippen LogP contribution is 2.26. The zero-order chi connectivity index (χ0) is 14.8. The van der Waals surface area contributed by atoms with Gasteiger partial charge < -0.3 is 14.4 Å². The summed E-state index contributed by atoms with van der Waals surface area (Å²) in [6.45, 7) is 0.460. The monoisotopic (exact) mass is 281 g/mol. The highest BCUT2D eigenvalue weighted by molar-refractivity contribution is 6.03. The van der Waals surface area contributed by atoms with E-state index in [4.69, 9.17) is 4.74 Å². The molecule has 0 radical (unpaired) electrons. The van der Waals surface area contributed by atoms with Gasteiger partial charge in [-0.1, -0.05) is 30.3 Å².